The van der Waals surface area contributed by atoms with E-state index >= 15 is 0 Å². The summed E-state index contributed by atoms with van der Waals surface area (Å²) in [5.41, 5.74) is 1.94. The number of nitriles is 1. The fourth-order valence-electron chi connectivity index (χ4n) is 2.77. The molecule has 10 nitrogen and oxygen atoms in total. The minimum absolute atomic E-state index is 0.161. The number of hydrogen-bond acceptors (Lipinski definition) is 8. The molecular formula is C26H32N8O2. The van der Waals surface area contributed by atoms with E-state index in [0.717, 1.165) is 18.7 Å². The summed E-state index contributed by atoms with van der Waals surface area (Å²) in [6.07, 6.45) is 5.91. The van der Waals surface area contributed by atoms with Gasteiger partial charge < -0.3 is 26.2 Å². The molecule has 1 heterocycles. The summed E-state index contributed by atoms with van der Waals surface area (Å²) in [4.78, 5) is 34.4. The van der Waals surface area contributed by atoms with Crippen molar-refractivity contribution in [3.8, 4) is 17.9 Å². The molecule has 0 aliphatic heterocycles. The first kappa shape index (κ1) is 27.8. The molecule has 0 unspecified atom stereocenters. The molecule has 0 saturated heterocycles. The molecule has 36 heavy (non-hydrogen) atoms. The van der Waals surface area contributed by atoms with E-state index in [1.54, 1.807) is 36.5 Å². The van der Waals surface area contributed by atoms with Gasteiger partial charge >= 0.3 is 0 Å². The zero-order valence-corrected chi connectivity index (χ0v) is 20.9. The fourth-order valence-corrected chi connectivity index (χ4v) is 2.77. The van der Waals surface area contributed by atoms with Crippen molar-refractivity contribution in [1.82, 2.24) is 25.5 Å². The number of nitrogens with zero attached hydrogens (tertiary/aromatic N) is 4. The Balaban J connectivity index is 1.87. The van der Waals surface area contributed by atoms with Crippen molar-refractivity contribution in [3.63, 3.8) is 0 Å². The molecule has 0 atom stereocenters. The maximum Gasteiger partial charge on any atom is 0.243 e. The lowest BCUT2D eigenvalue weighted by Crippen LogP contribution is -2.30. The highest BCUT2D eigenvalue weighted by atomic mass is 16.2. The number of rotatable bonds is 12. The van der Waals surface area contributed by atoms with Gasteiger partial charge in [0, 0.05) is 37.8 Å². The van der Waals surface area contributed by atoms with Crippen LogP contribution in [0.2, 0.25) is 0 Å². The largest absolute Gasteiger partial charge is 0.369 e. The van der Waals surface area contributed by atoms with Crippen molar-refractivity contribution >= 4 is 29.3 Å². The lowest BCUT2D eigenvalue weighted by atomic mass is 10.2. The fraction of sp³-hybridized carbons (Fsp3) is 0.346. The molecule has 0 bridgehead atoms. The number of carbonyl (C=O) groups excluding carboxylic acids is 2. The van der Waals surface area contributed by atoms with E-state index in [1.807, 2.05) is 25.9 Å². The van der Waals surface area contributed by atoms with Crippen LogP contribution < -0.4 is 21.3 Å². The molecule has 4 N–H and O–H groups in total. The monoisotopic (exact) mass is 488 g/mol. The Bertz CT molecular complexity index is 1140. The van der Waals surface area contributed by atoms with Gasteiger partial charge in [-0.05, 0) is 44.8 Å². The van der Waals surface area contributed by atoms with Crippen LogP contribution in [0.5, 0.6) is 0 Å². The van der Waals surface area contributed by atoms with Crippen molar-refractivity contribution in [2.45, 2.75) is 19.8 Å². The molecule has 0 aliphatic carbocycles. The van der Waals surface area contributed by atoms with Gasteiger partial charge in [-0.25, -0.2) is 4.98 Å². The number of anilines is 3. The Labute approximate surface area is 212 Å². The molecule has 1 aromatic heterocycles. The smallest absolute Gasteiger partial charge is 0.243 e. The van der Waals surface area contributed by atoms with Crippen molar-refractivity contribution in [2.24, 2.45) is 0 Å². The second-order valence-corrected chi connectivity index (χ2v) is 7.98. The summed E-state index contributed by atoms with van der Waals surface area (Å²) in [6.45, 7) is 3.84. The Kier molecular flexibility index (Phi) is 12.0. The first-order chi connectivity index (χ1) is 17.4. The summed E-state index contributed by atoms with van der Waals surface area (Å²) in [5.74, 6) is 6.46. The van der Waals surface area contributed by atoms with Crippen molar-refractivity contribution < 1.29 is 9.59 Å². The standard InChI is InChI=1S/C26H32N8O2/c1-4-14-30-25-21(19-31-26(33-25)32-22-11-9-20(18-27)10-12-22)7-5-15-28-24(36)13-16-29-23(35)8-6-17-34(2)3/h6,8-12,19H,4,13-17H2,1-3H3,(H,28,36)(H,29,35)(H2,30,31,32,33)/b8-6+. The van der Waals surface area contributed by atoms with E-state index in [9.17, 15) is 9.59 Å². The Morgan fingerprint density at radius 2 is 1.92 bits per heavy atom. The highest BCUT2D eigenvalue weighted by molar-refractivity contribution is 5.88. The molecule has 2 rings (SSSR count). The van der Waals surface area contributed by atoms with Gasteiger partial charge in [-0.15, -0.1) is 0 Å². The summed E-state index contributed by atoms with van der Waals surface area (Å²) in [7, 11) is 3.83. The third-order valence-corrected chi connectivity index (χ3v) is 4.59. The van der Waals surface area contributed by atoms with E-state index in [2.05, 4.69) is 49.1 Å². The predicted octanol–water partition coefficient (Wildman–Crippen LogP) is 2.01. The second kappa shape index (κ2) is 15.5. The minimum atomic E-state index is -0.228. The van der Waals surface area contributed by atoms with Gasteiger partial charge in [-0.2, -0.15) is 10.2 Å². The van der Waals surface area contributed by atoms with E-state index in [-0.39, 0.29) is 31.3 Å². The quantitative estimate of drug-likeness (QED) is 0.263. The molecular weight excluding hydrogens is 456 g/mol. The van der Waals surface area contributed by atoms with Crippen LogP contribution in [-0.4, -0.2) is 67.0 Å². The van der Waals surface area contributed by atoms with Gasteiger partial charge in [-0.1, -0.05) is 24.8 Å². The molecule has 0 aliphatic rings. The lowest BCUT2D eigenvalue weighted by molar-refractivity contribution is -0.121. The Hall–Kier alpha value is -4.41. The summed E-state index contributed by atoms with van der Waals surface area (Å²) in [5, 5.41) is 20.7. The molecule has 1 aromatic carbocycles. The average molecular weight is 489 g/mol. The third-order valence-electron chi connectivity index (χ3n) is 4.59. The van der Waals surface area contributed by atoms with Crippen LogP contribution in [0.1, 0.15) is 30.9 Å². The minimum Gasteiger partial charge on any atom is -0.369 e. The van der Waals surface area contributed by atoms with Gasteiger partial charge in [0.1, 0.15) is 5.82 Å². The van der Waals surface area contributed by atoms with Crippen LogP contribution in [0.25, 0.3) is 0 Å². The van der Waals surface area contributed by atoms with Crippen molar-refractivity contribution in [1.29, 1.82) is 5.26 Å². The summed E-state index contributed by atoms with van der Waals surface area (Å²) >= 11 is 0. The molecule has 0 spiro atoms. The van der Waals surface area contributed by atoms with E-state index < -0.39 is 0 Å². The highest BCUT2D eigenvalue weighted by Crippen LogP contribution is 2.17. The van der Waals surface area contributed by atoms with Crippen LogP contribution in [0.15, 0.2) is 42.6 Å². The normalized spacial score (nSPS) is 10.3. The maximum atomic E-state index is 12.0. The van der Waals surface area contributed by atoms with Crippen LogP contribution in [0.4, 0.5) is 17.5 Å². The molecule has 188 valence electrons. The lowest BCUT2D eigenvalue weighted by Gasteiger charge is -2.10. The van der Waals surface area contributed by atoms with Crippen LogP contribution in [0, 0.1) is 23.2 Å². The van der Waals surface area contributed by atoms with E-state index in [0.29, 0.717) is 29.4 Å². The molecule has 10 heteroatoms. The van der Waals surface area contributed by atoms with Crippen molar-refractivity contribution in [2.75, 3.05) is 50.9 Å². The second-order valence-electron chi connectivity index (χ2n) is 7.98. The van der Waals surface area contributed by atoms with Gasteiger partial charge in [0.05, 0.1) is 29.9 Å². The number of benzene rings is 1. The van der Waals surface area contributed by atoms with Crippen molar-refractivity contribution in [3.05, 3.63) is 53.7 Å². The SMILES string of the molecule is CCCNc1nc(Nc2ccc(C#N)cc2)ncc1C#CCNC(=O)CCNC(=O)/C=C/CN(C)C. The zero-order chi connectivity index (χ0) is 26.2. The van der Waals surface area contributed by atoms with Crippen LogP contribution >= 0.6 is 0 Å². The first-order valence-corrected chi connectivity index (χ1v) is 11.6. The molecule has 2 amide bonds. The maximum absolute atomic E-state index is 12.0. The van der Waals surface area contributed by atoms with Gasteiger partial charge in [0.15, 0.2) is 0 Å². The number of aromatic nitrogens is 2. The first-order valence-electron chi connectivity index (χ1n) is 11.6. The van der Waals surface area contributed by atoms with Gasteiger partial charge in [-0.3, -0.25) is 9.59 Å². The van der Waals surface area contributed by atoms with Crippen LogP contribution in [0.3, 0.4) is 0 Å². The number of nitrogens with one attached hydrogen (secondary N) is 4. The zero-order valence-electron chi connectivity index (χ0n) is 20.9. The Morgan fingerprint density at radius 3 is 2.61 bits per heavy atom. The van der Waals surface area contributed by atoms with Gasteiger partial charge in [0.25, 0.3) is 0 Å². The Morgan fingerprint density at radius 1 is 1.14 bits per heavy atom. The number of amides is 2. The number of likely N-dealkylation sites (N-methyl/N-ethyl adjacent to an activating group) is 1. The summed E-state index contributed by atoms with van der Waals surface area (Å²) < 4.78 is 0. The van der Waals surface area contributed by atoms with Crippen LogP contribution in [-0.2, 0) is 9.59 Å². The third kappa shape index (κ3) is 10.7. The highest BCUT2D eigenvalue weighted by Gasteiger charge is 2.06. The molecule has 0 fully saturated rings. The van der Waals surface area contributed by atoms with E-state index in [4.69, 9.17) is 5.26 Å². The molecule has 0 saturated carbocycles. The number of hydrogen-bond donors (Lipinski definition) is 4. The molecule has 2 aromatic rings. The predicted molar refractivity (Wildman–Crippen MR) is 140 cm³/mol. The van der Waals surface area contributed by atoms with E-state index in [1.165, 1.54) is 6.08 Å². The summed E-state index contributed by atoms with van der Waals surface area (Å²) in [6, 6.07) is 9.07. The average Bonchev–Trinajstić information content (AvgIpc) is 2.86. The molecule has 0 radical (unpaired) electrons. The van der Waals surface area contributed by atoms with Gasteiger partial charge in [0.2, 0.25) is 17.8 Å². The number of carbonyl (C=O) groups is 2. The topological polar surface area (TPSA) is 135 Å².